The van der Waals surface area contributed by atoms with Gasteiger partial charge >= 0.3 is 0 Å². The molecule has 0 unspecified atom stereocenters. The lowest BCUT2D eigenvalue weighted by molar-refractivity contribution is 0.0106. The van der Waals surface area contributed by atoms with E-state index < -0.39 is 0 Å². The van der Waals surface area contributed by atoms with Gasteiger partial charge in [0.15, 0.2) is 0 Å². The third kappa shape index (κ3) is 5.47. The summed E-state index contributed by atoms with van der Waals surface area (Å²) >= 11 is 0. The lowest BCUT2D eigenvalue weighted by atomic mass is 10.1. The predicted octanol–water partition coefficient (Wildman–Crippen LogP) is -0.0123. The molecule has 0 amide bonds. The van der Waals surface area contributed by atoms with Crippen LogP contribution in [-0.2, 0) is 4.74 Å². The first-order chi connectivity index (χ1) is 7.22. The van der Waals surface area contributed by atoms with Crippen molar-refractivity contribution in [2.24, 2.45) is 5.73 Å². The average Bonchev–Trinajstić information content (AvgIpc) is 2.25. The fourth-order valence-corrected chi connectivity index (χ4v) is 1.88. The highest BCUT2D eigenvalue weighted by Gasteiger charge is 2.18. The first-order valence-corrected chi connectivity index (χ1v) is 5.91. The molecule has 0 atom stereocenters. The molecule has 1 aliphatic heterocycles. The summed E-state index contributed by atoms with van der Waals surface area (Å²) in [6.07, 6.45) is 2.77. The Balaban J connectivity index is 2.07. The molecule has 0 aliphatic carbocycles. The lowest BCUT2D eigenvalue weighted by Crippen LogP contribution is -2.40. The smallest absolute Gasteiger partial charge is 0.0600 e. The molecule has 1 fully saturated rings. The molecule has 4 heteroatoms. The summed E-state index contributed by atoms with van der Waals surface area (Å²) in [5.41, 5.74) is 5.41. The lowest BCUT2D eigenvalue weighted by Gasteiger charge is -2.32. The van der Waals surface area contributed by atoms with E-state index in [9.17, 15) is 0 Å². The van der Waals surface area contributed by atoms with Crippen molar-refractivity contribution < 1.29 is 4.74 Å². The van der Waals surface area contributed by atoms with Gasteiger partial charge in [-0.1, -0.05) is 0 Å². The van der Waals surface area contributed by atoms with E-state index in [1.54, 1.807) is 0 Å². The molecular weight excluding hydrogens is 190 g/mol. The van der Waals surface area contributed by atoms with Gasteiger partial charge in [-0.05, 0) is 26.9 Å². The standard InChI is InChI=1S/C11H25N3O/c1-13(2)8-9-14-6-3-11(4-7-14)15-10-5-12/h11H,3-10,12H2,1-2H3. The molecule has 0 aromatic carbocycles. The minimum Gasteiger partial charge on any atom is -0.377 e. The third-order valence-corrected chi connectivity index (χ3v) is 2.87. The van der Waals surface area contributed by atoms with Crippen LogP contribution in [0.3, 0.4) is 0 Å². The third-order valence-electron chi connectivity index (χ3n) is 2.87. The summed E-state index contributed by atoms with van der Waals surface area (Å²) in [7, 11) is 4.24. The average molecular weight is 215 g/mol. The normalized spacial score (nSPS) is 20.0. The van der Waals surface area contributed by atoms with Gasteiger partial charge in [0, 0.05) is 32.7 Å². The zero-order chi connectivity index (χ0) is 11.1. The minimum absolute atomic E-state index is 0.448. The van der Waals surface area contributed by atoms with E-state index in [0.717, 1.165) is 19.4 Å². The fourth-order valence-electron chi connectivity index (χ4n) is 1.88. The van der Waals surface area contributed by atoms with Gasteiger partial charge in [-0.15, -0.1) is 0 Å². The van der Waals surface area contributed by atoms with Crippen LogP contribution in [0.4, 0.5) is 0 Å². The Hall–Kier alpha value is -0.160. The van der Waals surface area contributed by atoms with E-state index in [4.69, 9.17) is 10.5 Å². The second kappa shape index (κ2) is 7.17. The van der Waals surface area contributed by atoms with Crippen molar-refractivity contribution >= 4 is 0 Å². The van der Waals surface area contributed by atoms with Crippen LogP contribution in [0.1, 0.15) is 12.8 Å². The van der Waals surface area contributed by atoms with Crippen LogP contribution in [0.5, 0.6) is 0 Å². The zero-order valence-electron chi connectivity index (χ0n) is 10.1. The highest BCUT2D eigenvalue weighted by Crippen LogP contribution is 2.12. The van der Waals surface area contributed by atoms with Crippen molar-refractivity contribution in [3.05, 3.63) is 0 Å². The van der Waals surface area contributed by atoms with E-state index in [-0.39, 0.29) is 0 Å². The summed E-state index contributed by atoms with van der Waals surface area (Å²) < 4.78 is 5.64. The maximum absolute atomic E-state index is 5.64. The van der Waals surface area contributed by atoms with Crippen LogP contribution >= 0.6 is 0 Å². The van der Waals surface area contributed by atoms with Crippen molar-refractivity contribution in [1.29, 1.82) is 0 Å². The largest absolute Gasteiger partial charge is 0.377 e. The first kappa shape index (κ1) is 12.9. The minimum atomic E-state index is 0.448. The maximum atomic E-state index is 5.64. The molecule has 0 aromatic heterocycles. The summed E-state index contributed by atoms with van der Waals surface area (Å²) in [5, 5.41) is 0. The van der Waals surface area contributed by atoms with Crippen molar-refractivity contribution in [2.45, 2.75) is 18.9 Å². The summed E-state index contributed by atoms with van der Waals surface area (Å²) in [4.78, 5) is 4.75. The van der Waals surface area contributed by atoms with E-state index in [0.29, 0.717) is 19.3 Å². The van der Waals surface area contributed by atoms with Crippen LogP contribution < -0.4 is 5.73 Å². The molecule has 1 saturated heterocycles. The van der Waals surface area contributed by atoms with Crippen LogP contribution in [0.15, 0.2) is 0 Å². The van der Waals surface area contributed by atoms with Gasteiger partial charge in [0.25, 0.3) is 0 Å². The van der Waals surface area contributed by atoms with Gasteiger partial charge < -0.3 is 20.3 Å². The molecule has 2 N–H and O–H groups in total. The quantitative estimate of drug-likeness (QED) is 0.676. The molecule has 0 saturated carbocycles. The molecule has 1 aliphatic rings. The molecule has 15 heavy (non-hydrogen) atoms. The number of hydrogen-bond donors (Lipinski definition) is 1. The van der Waals surface area contributed by atoms with Crippen molar-refractivity contribution in [2.75, 3.05) is 53.4 Å². The van der Waals surface area contributed by atoms with Crippen molar-refractivity contribution in [3.63, 3.8) is 0 Å². The molecule has 0 radical (unpaired) electrons. The van der Waals surface area contributed by atoms with Crippen LogP contribution in [0.2, 0.25) is 0 Å². The van der Waals surface area contributed by atoms with Gasteiger partial charge in [0.05, 0.1) is 12.7 Å². The van der Waals surface area contributed by atoms with Gasteiger partial charge in [-0.25, -0.2) is 0 Å². The van der Waals surface area contributed by atoms with E-state index in [1.165, 1.54) is 19.6 Å². The number of nitrogens with two attached hydrogens (primary N) is 1. The molecule has 1 heterocycles. The Bertz CT molecular complexity index is 156. The molecule has 90 valence electrons. The molecule has 1 rings (SSSR count). The maximum Gasteiger partial charge on any atom is 0.0600 e. The number of likely N-dealkylation sites (N-methyl/N-ethyl adjacent to an activating group) is 1. The Kier molecular flexibility index (Phi) is 6.17. The molecule has 0 spiro atoms. The topological polar surface area (TPSA) is 41.7 Å². The van der Waals surface area contributed by atoms with Gasteiger partial charge in [0.2, 0.25) is 0 Å². The van der Waals surface area contributed by atoms with Crippen molar-refractivity contribution in [3.8, 4) is 0 Å². The Morgan fingerprint density at radius 1 is 1.33 bits per heavy atom. The fraction of sp³-hybridized carbons (Fsp3) is 1.00. The number of ether oxygens (including phenoxy) is 1. The van der Waals surface area contributed by atoms with Crippen LogP contribution in [-0.4, -0.2) is 69.3 Å². The van der Waals surface area contributed by atoms with E-state index in [2.05, 4.69) is 23.9 Å². The predicted molar refractivity (Wildman–Crippen MR) is 63.0 cm³/mol. The van der Waals surface area contributed by atoms with Gasteiger partial charge in [-0.2, -0.15) is 0 Å². The summed E-state index contributed by atoms with van der Waals surface area (Å²) in [6, 6.07) is 0. The second-order valence-corrected chi connectivity index (χ2v) is 4.50. The molecular formula is C11H25N3O. The highest BCUT2D eigenvalue weighted by molar-refractivity contribution is 4.72. The number of rotatable bonds is 6. The first-order valence-electron chi connectivity index (χ1n) is 5.91. The summed E-state index contributed by atoms with van der Waals surface area (Å²) in [6.45, 7) is 6.01. The monoisotopic (exact) mass is 215 g/mol. The molecule has 0 bridgehead atoms. The number of piperidine rings is 1. The Morgan fingerprint density at radius 3 is 2.53 bits per heavy atom. The Morgan fingerprint density at radius 2 is 2.00 bits per heavy atom. The SMILES string of the molecule is CN(C)CCN1CCC(OCCN)CC1. The van der Waals surface area contributed by atoms with Crippen LogP contribution in [0, 0.1) is 0 Å². The van der Waals surface area contributed by atoms with Gasteiger partial charge in [-0.3, -0.25) is 0 Å². The second-order valence-electron chi connectivity index (χ2n) is 4.50. The van der Waals surface area contributed by atoms with E-state index in [1.807, 2.05) is 0 Å². The van der Waals surface area contributed by atoms with Crippen molar-refractivity contribution in [1.82, 2.24) is 9.80 Å². The molecule has 0 aromatic rings. The van der Waals surface area contributed by atoms with Gasteiger partial charge in [0.1, 0.15) is 0 Å². The van der Waals surface area contributed by atoms with E-state index >= 15 is 0 Å². The zero-order valence-corrected chi connectivity index (χ0v) is 10.1. The number of likely N-dealkylation sites (tertiary alicyclic amines) is 1. The molecule has 4 nitrogen and oxygen atoms in total. The van der Waals surface area contributed by atoms with Crippen LogP contribution in [0.25, 0.3) is 0 Å². The number of hydrogen-bond acceptors (Lipinski definition) is 4. The highest BCUT2D eigenvalue weighted by atomic mass is 16.5. The number of nitrogens with zero attached hydrogens (tertiary/aromatic N) is 2. The Labute approximate surface area is 93.4 Å². The summed E-state index contributed by atoms with van der Waals surface area (Å²) in [5.74, 6) is 0.